The molecule has 0 aromatic heterocycles. The molecule has 0 heterocycles. The van der Waals surface area contributed by atoms with Crippen LogP contribution in [0, 0.1) is 0 Å². The number of nitrogens with zero attached hydrogens (tertiary/aromatic N) is 1. The van der Waals surface area contributed by atoms with Crippen LogP contribution in [0.2, 0.25) is 0 Å². The molecule has 58 valence electrons. The third-order valence-corrected chi connectivity index (χ3v) is 1.63. The lowest BCUT2D eigenvalue weighted by Gasteiger charge is -2.00. The third kappa shape index (κ3) is 1.58. The van der Waals surface area contributed by atoms with Gasteiger partial charge in [-0.1, -0.05) is 12.1 Å². The van der Waals surface area contributed by atoms with Crippen LogP contribution in [0.3, 0.4) is 0 Å². The number of rotatable bonds is 1. The molecule has 0 amide bonds. The summed E-state index contributed by atoms with van der Waals surface area (Å²) in [6.45, 7) is 1.87. The molecule has 0 aliphatic carbocycles. The summed E-state index contributed by atoms with van der Waals surface area (Å²) < 4.78 is 0. The Kier molecular flexibility index (Phi) is 2.26. The van der Waals surface area contributed by atoms with Gasteiger partial charge in [0.1, 0.15) is 5.75 Å². The monoisotopic (exact) mass is 149 g/mol. The van der Waals surface area contributed by atoms with Gasteiger partial charge in [0.05, 0.1) is 0 Å². The molecule has 1 N–H and O–H groups in total. The molecule has 1 rings (SSSR count). The van der Waals surface area contributed by atoms with Gasteiger partial charge in [0.15, 0.2) is 0 Å². The summed E-state index contributed by atoms with van der Waals surface area (Å²) in [6.07, 6.45) is 0. The second-order valence-electron chi connectivity index (χ2n) is 2.33. The topological polar surface area (TPSA) is 32.6 Å². The van der Waals surface area contributed by atoms with Gasteiger partial charge in [0, 0.05) is 18.3 Å². The number of aromatic hydroxyl groups is 1. The van der Waals surface area contributed by atoms with Crippen LogP contribution in [0.1, 0.15) is 12.5 Å². The smallest absolute Gasteiger partial charge is 0.124 e. The van der Waals surface area contributed by atoms with Crippen molar-refractivity contribution in [2.75, 3.05) is 7.05 Å². The molecule has 0 radical (unpaired) electrons. The van der Waals surface area contributed by atoms with E-state index in [9.17, 15) is 5.11 Å². The highest BCUT2D eigenvalue weighted by Crippen LogP contribution is 2.15. The molecular weight excluding hydrogens is 138 g/mol. The Bertz CT molecular complexity index is 279. The zero-order valence-corrected chi connectivity index (χ0v) is 6.70. The maximum Gasteiger partial charge on any atom is 0.124 e. The third-order valence-electron chi connectivity index (χ3n) is 1.63. The SMILES string of the molecule is C/N=C(\C)c1ccccc1O. The van der Waals surface area contributed by atoms with Gasteiger partial charge in [0.25, 0.3) is 0 Å². The molecule has 0 fully saturated rings. The predicted octanol–water partition coefficient (Wildman–Crippen LogP) is 1.83. The number of para-hydroxylation sites is 1. The van der Waals surface area contributed by atoms with Gasteiger partial charge in [0.2, 0.25) is 0 Å². The maximum atomic E-state index is 9.33. The molecule has 1 aromatic rings. The van der Waals surface area contributed by atoms with Crippen LogP contribution < -0.4 is 0 Å². The summed E-state index contributed by atoms with van der Waals surface area (Å²) in [5.41, 5.74) is 1.65. The van der Waals surface area contributed by atoms with Crippen LogP contribution in [0.5, 0.6) is 5.75 Å². The van der Waals surface area contributed by atoms with Crippen molar-refractivity contribution in [2.24, 2.45) is 4.99 Å². The van der Waals surface area contributed by atoms with Crippen molar-refractivity contribution in [1.29, 1.82) is 0 Å². The van der Waals surface area contributed by atoms with E-state index in [1.54, 1.807) is 19.2 Å². The Balaban J connectivity index is 3.14. The Hall–Kier alpha value is -1.31. The first-order chi connectivity index (χ1) is 5.25. The number of phenols is 1. The van der Waals surface area contributed by atoms with Crippen LogP contribution in [-0.2, 0) is 0 Å². The molecule has 2 heteroatoms. The lowest BCUT2D eigenvalue weighted by molar-refractivity contribution is 0.474. The number of hydrogen-bond donors (Lipinski definition) is 1. The van der Waals surface area contributed by atoms with E-state index in [1.807, 2.05) is 19.1 Å². The molecule has 11 heavy (non-hydrogen) atoms. The van der Waals surface area contributed by atoms with Crippen LogP contribution in [0.15, 0.2) is 29.3 Å². The summed E-state index contributed by atoms with van der Waals surface area (Å²) in [5.74, 6) is 0.288. The van der Waals surface area contributed by atoms with Crippen LogP contribution in [0.25, 0.3) is 0 Å². The van der Waals surface area contributed by atoms with E-state index in [0.717, 1.165) is 11.3 Å². The Morgan fingerprint density at radius 2 is 2.00 bits per heavy atom. The van der Waals surface area contributed by atoms with E-state index in [1.165, 1.54) is 0 Å². The maximum absolute atomic E-state index is 9.33. The van der Waals surface area contributed by atoms with Crippen LogP contribution >= 0.6 is 0 Å². The second-order valence-corrected chi connectivity index (χ2v) is 2.33. The van der Waals surface area contributed by atoms with Crippen molar-refractivity contribution in [3.63, 3.8) is 0 Å². The molecule has 0 bridgehead atoms. The van der Waals surface area contributed by atoms with E-state index in [0.29, 0.717) is 0 Å². The van der Waals surface area contributed by atoms with E-state index < -0.39 is 0 Å². The van der Waals surface area contributed by atoms with Gasteiger partial charge < -0.3 is 5.11 Å². The quantitative estimate of drug-likeness (QED) is 0.607. The van der Waals surface area contributed by atoms with Crippen molar-refractivity contribution in [1.82, 2.24) is 0 Å². The average molecular weight is 149 g/mol. The van der Waals surface area contributed by atoms with Crippen molar-refractivity contribution < 1.29 is 5.11 Å². The standard InChI is InChI=1S/C9H11NO/c1-7(10-2)8-5-3-4-6-9(8)11/h3-6,11H,1-2H3/b10-7+. The second kappa shape index (κ2) is 3.19. The minimum absolute atomic E-state index is 0.288. The van der Waals surface area contributed by atoms with Crippen molar-refractivity contribution in [3.8, 4) is 5.75 Å². The van der Waals surface area contributed by atoms with Crippen LogP contribution in [0.4, 0.5) is 0 Å². The zero-order chi connectivity index (χ0) is 8.27. The molecule has 0 saturated heterocycles. The van der Waals surface area contributed by atoms with Gasteiger partial charge >= 0.3 is 0 Å². The summed E-state index contributed by atoms with van der Waals surface area (Å²) in [7, 11) is 1.71. The first-order valence-corrected chi connectivity index (χ1v) is 3.47. The number of phenolic OH excluding ortho intramolecular Hbond substituents is 1. The Morgan fingerprint density at radius 3 is 2.55 bits per heavy atom. The van der Waals surface area contributed by atoms with Gasteiger partial charge in [-0.05, 0) is 19.1 Å². The average Bonchev–Trinajstić information content (AvgIpc) is 2.04. The lowest BCUT2D eigenvalue weighted by Crippen LogP contribution is -1.93. The van der Waals surface area contributed by atoms with Crippen molar-refractivity contribution in [2.45, 2.75) is 6.92 Å². The highest BCUT2D eigenvalue weighted by Gasteiger charge is 2.00. The molecule has 1 aromatic carbocycles. The van der Waals surface area contributed by atoms with Gasteiger partial charge in [-0.15, -0.1) is 0 Å². The fourth-order valence-electron chi connectivity index (χ4n) is 0.900. The fraction of sp³-hybridized carbons (Fsp3) is 0.222. The van der Waals surface area contributed by atoms with Crippen LogP contribution in [-0.4, -0.2) is 17.9 Å². The minimum atomic E-state index is 0.288. The zero-order valence-electron chi connectivity index (χ0n) is 6.70. The number of hydrogen-bond acceptors (Lipinski definition) is 2. The number of aliphatic imine (C=N–C) groups is 1. The summed E-state index contributed by atoms with van der Waals surface area (Å²) >= 11 is 0. The molecule has 0 aliphatic rings. The first kappa shape index (κ1) is 7.79. The first-order valence-electron chi connectivity index (χ1n) is 3.47. The van der Waals surface area contributed by atoms with Crippen molar-refractivity contribution in [3.05, 3.63) is 29.8 Å². The van der Waals surface area contributed by atoms with E-state index in [4.69, 9.17) is 0 Å². The van der Waals surface area contributed by atoms with Gasteiger partial charge in [-0.25, -0.2) is 0 Å². The minimum Gasteiger partial charge on any atom is -0.507 e. The summed E-state index contributed by atoms with van der Waals surface area (Å²) in [4.78, 5) is 3.98. The fourth-order valence-corrected chi connectivity index (χ4v) is 0.900. The summed E-state index contributed by atoms with van der Waals surface area (Å²) in [6, 6.07) is 7.17. The molecule has 0 saturated carbocycles. The lowest BCUT2D eigenvalue weighted by atomic mass is 10.1. The number of benzene rings is 1. The van der Waals surface area contributed by atoms with Crippen molar-refractivity contribution >= 4 is 5.71 Å². The van der Waals surface area contributed by atoms with Gasteiger partial charge in [-0.3, -0.25) is 4.99 Å². The normalized spacial score (nSPS) is 11.6. The molecule has 0 unspecified atom stereocenters. The molecule has 0 atom stereocenters. The Labute approximate surface area is 66.2 Å². The van der Waals surface area contributed by atoms with E-state index in [2.05, 4.69) is 4.99 Å². The predicted molar refractivity (Wildman–Crippen MR) is 46.2 cm³/mol. The highest BCUT2D eigenvalue weighted by molar-refractivity contribution is 6.00. The van der Waals surface area contributed by atoms with E-state index >= 15 is 0 Å². The van der Waals surface area contributed by atoms with E-state index in [-0.39, 0.29) is 5.75 Å². The molecule has 2 nitrogen and oxygen atoms in total. The van der Waals surface area contributed by atoms with Gasteiger partial charge in [-0.2, -0.15) is 0 Å². The Morgan fingerprint density at radius 1 is 1.36 bits per heavy atom. The molecule has 0 spiro atoms. The summed E-state index contributed by atoms with van der Waals surface area (Å²) in [5, 5.41) is 9.33. The molecular formula is C9H11NO. The largest absolute Gasteiger partial charge is 0.507 e. The highest BCUT2D eigenvalue weighted by atomic mass is 16.3. The molecule has 0 aliphatic heterocycles.